The van der Waals surface area contributed by atoms with E-state index in [0.29, 0.717) is 75.1 Å². The van der Waals surface area contributed by atoms with Crippen molar-refractivity contribution in [2.24, 2.45) is 0 Å². The SMILES string of the molecule is CNC(=O)c1c(-c2ccc(F)cc2)oc2cc(N(C)S(C)(=O)=O)c(-c3ccc4nc(CN5CC(O)C5)n5c6cccc(F)c6cc5c4n3)cc12. The van der Waals surface area contributed by atoms with Crippen LogP contribution in [0.4, 0.5) is 14.5 Å². The summed E-state index contributed by atoms with van der Waals surface area (Å²) in [6, 6.07) is 18.7. The zero-order valence-corrected chi connectivity index (χ0v) is 27.9. The highest BCUT2D eigenvalue weighted by Crippen LogP contribution is 2.41. The summed E-state index contributed by atoms with van der Waals surface area (Å²) in [4.78, 5) is 25.3. The largest absolute Gasteiger partial charge is 0.455 e. The molecule has 0 bridgehead atoms. The number of aliphatic hydroxyl groups excluding tert-OH is 1. The predicted octanol–water partition coefficient (Wildman–Crippen LogP) is 5.33. The first kappa shape index (κ1) is 31.8. The first-order valence-corrected chi connectivity index (χ1v) is 17.6. The van der Waals surface area contributed by atoms with Gasteiger partial charge in [-0.3, -0.25) is 18.4 Å². The monoisotopic (exact) mass is 696 g/mol. The van der Waals surface area contributed by atoms with Crippen LogP contribution < -0.4 is 9.62 Å². The Bertz CT molecular complexity index is 2630. The Morgan fingerprint density at radius 1 is 1.02 bits per heavy atom. The summed E-state index contributed by atoms with van der Waals surface area (Å²) in [5, 5.41) is 13.3. The summed E-state index contributed by atoms with van der Waals surface area (Å²) in [6.45, 7) is 1.42. The molecule has 3 aromatic carbocycles. The van der Waals surface area contributed by atoms with Gasteiger partial charge in [0.15, 0.2) is 0 Å². The van der Waals surface area contributed by atoms with E-state index in [1.165, 1.54) is 50.5 Å². The molecule has 1 saturated heterocycles. The maximum atomic E-state index is 15.1. The number of anilines is 1. The molecule has 1 aliphatic rings. The number of sulfonamides is 1. The molecule has 14 heteroatoms. The molecular formula is C36H30F2N6O5S. The molecule has 0 unspecified atom stereocenters. The van der Waals surface area contributed by atoms with Gasteiger partial charge >= 0.3 is 0 Å². The third kappa shape index (κ3) is 5.14. The number of aliphatic hydroxyl groups is 1. The second-order valence-corrected chi connectivity index (χ2v) is 14.5. The Kier molecular flexibility index (Phi) is 7.36. The van der Waals surface area contributed by atoms with Gasteiger partial charge in [-0.05, 0) is 60.7 Å². The number of benzene rings is 3. The Morgan fingerprint density at radius 3 is 2.48 bits per heavy atom. The zero-order chi connectivity index (χ0) is 35.1. The first-order chi connectivity index (χ1) is 23.9. The Balaban J connectivity index is 1.40. The minimum atomic E-state index is -3.79. The molecule has 0 radical (unpaired) electrons. The van der Waals surface area contributed by atoms with Gasteiger partial charge in [0.25, 0.3) is 5.91 Å². The van der Waals surface area contributed by atoms with Gasteiger partial charge in [0.05, 0.1) is 52.4 Å². The van der Waals surface area contributed by atoms with Gasteiger partial charge in [0.1, 0.15) is 34.3 Å². The lowest BCUT2D eigenvalue weighted by Crippen LogP contribution is -2.50. The molecule has 5 heterocycles. The Hall–Kier alpha value is -5.44. The highest BCUT2D eigenvalue weighted by molar-refractivity contribution is 7.92. The molecule has 1 fully saturated rings. The van der Waals surface area contributed by atoms with Crippen molar-refractivity contribution >= 4 is 60.0 Å². The molecule has 0 aliphatic carbocycles. The maximum absolute atomic E-state index is 15.1. The maximum Gasteiger partial charge on any atom is 0.255 e. The van der Waals surface area contributed by atoms with E-state index in [1.807, 2.05) is 15.4 Å². The molecule has 8 rings (SSSR count). The number of fused-ring (bicyclic) bond motifs is 6. The van der Waals surface area contributed by atoms with Crippen molar-refractivity contribution in [1.82, 2.24) is 24.6 Å². The van der Waals surface area contributed by atoms with Crippen LogP contribution in [-0.2, 0) is 16.6 Å². The van der Waals surface area contributed by atoms with E-state index >= 15 is 4.39 Å². The number of nitrogens with one attached hydrogen (secondary N) is 1. The van der Waals surface area contributed by atoms with Gasteiger partial charge in [-0.25, -0.2) is 27.2 Å². The van der Waals surface area contributed by atoms with Crippen LogP contribution in [0.5, 0.6) is 0 Å². The number of hydrogen-bond acceptors (Lipinski definition) is 8. The number of rotatable bonds is 7. The lowest BCUT2D eigenvalue weighted by Gasteiger charge is -2.35. The van der Waals surface area contributed by atoms with E-state index in [9.17, 15) is 22.7 Å². The fourth-order valence-electron chi connectivity index (χ4n) is 6.63. The number of likely N-dealkylation sites (tertiary alicyclic amines) is 1. The van der Waals surface area contributed by atoms with Crippen molar-refractivity contribution in [3.63, 3.8) is 0 Å². The second kappa shape index (κ2) is 11.6. The fraction of sp³-hybridized carbons (Fsp3) is 0.194. The molecule has 2 N–H and O–H groups in total. The second-order valence-electron chi connectivity index (χ2n) is 12.5. The Morgan fingerprint density at radius 2 is 1.78 bits per heavy atom. The highest BCUT2D eigenvalue weighted by Gasteiger charge is 2.28. The molecule has 1 aliphatic heterocycles. The van der Waals surface area contributed by atoms with Gasteiger partial charge in [0, 0.05) is 55.2 Å². The first-order valence-electron chi connectivity index (χ1n) is 15.7. The highest BCUT2D eigenvalue weighted by atomic mass is 32.2. The number of nitrogens with zero attached hydrogens (tertiary/aromatic N) is 5. The minimum Gasteiger partial charge on any atom is -0.455 e. The molecule has 7 aromatic rings. The lowest BCUT2D eigenvalue weighted by atomic mass is 10.0. The summed E-state index contributed by atoms with van der Waals surface area (Å²) in [7, 11) is -0.902. The lowest BCUT2D eigenvalue weighted by molar-refractivity contribution is -0.00436. The molecular weight excluding hydrogens is 666 g/mol. The molecule has 254 valence electrons. The number of amides is 1. The van der Waals surface area contributed by atoms with Gasteiger partial charge in [-0.2, -0.15) is 0 Å². The topological polar surface area (TPSA) is 133 Å². The van der Waals surface area contributed by atoms with Crippen LogP contribution in [0.15, 0.2) is 77.2 Å². The molecule has 4 aromatic heterocycles. The Labute approximate surface area is 284 Å². The van der Waals surface area contributed by atoms with E-state index in [-0.39, 0.29) is 22.6 Å². The molecule has 11 nitrogen and oxygen atoms in total. The number of furan rings is 1. The van der Waals surface area contributed by atoms with Gasteiger partial charge in [-0.1, -0.05) is 6.07 Å². The van der Waals surface area contributed by atoms with Crippen molar-refractivity contribution in [3.8, 4) is 22.6 Å². The summed E-state index contributed by atoms with van der Waals surface area (Å²) in [5.74, 6) is -0.482. The summed E-state index contributed by atoms with van der Waals surface area (Å²) in [6.07, 6.45) is 0.667. The van der Waals surface area contributed by atoms with Crippen molar-refractivity contribution in [3.05, 3.63) is 95.8 Å². The van der Waals surface area contributed by atoms with Crippen molar-refractivity contribution in [2.75, 3.05) is 37.7 Å². The summed E-state index contributed by atoms with van der Waals surface area (Å²) >= 11 is 0. The number of aromatic nitrogens is 3. The number of halogens is 2. The number of carbonyl (C=O) groups is 1. The smallest absolute Gasteiger partial charge is 0.255 e. The number of pyridine rings is 1. The average Bonchev–Trinajstić information content (AvgIpc) is 3.66. The van der Waals surface area contributed by atoms with Crippen LogP contribution in [0.1, 0.15) is 16.2 Å². The summed E-state index contributed by atoms with van der Waals surface area (Å²) < 4.78 is 64.0. The van der Waals surface area contributed by atoms with E-state index < -0.39 is 33.7 Å². The van der Waals surface area contributed by atoms with Crippen LogP contribution in [0.25, 0.3) is 61.0 Å². The van der Waals surface area contributed by atoms with E-state index in [0.717, 1.165) is 10.6 Å². The number of hydrogen-bond donors (Lipinski definition) is 2. The number of β-amino-alcohol motifs (C(OH)–C–C–N with tert-alkyl or cyclic N) is 1. The zero-order valence-electron chi connectivity index (χ0n) is 27.1. The summed E-state index contributed by atoms with van der Waals surface area (Å²) in [5.41, 5.74) is 4.04. The third-order valence-corrected chi connectivity index (χ3v) is 10.4. The van der Waals surface area contributed by atoms with Crippen molar-refractivity contribution in [1.29, 1.82) is 0 Å². The molecule has 0 atom stereocenters. The predicted molar refractivity (Wildman–Crippen MR) is 186 cm³/mol. The average molecular weight is 697 g/mol. The third-order valence-electron chi connectivity index (χ3n) is 9.20. The van der Waals surface area contributed by atoms with Crippen molar-refractivity contribution in [2.45, 2.75) is 12.6 Å². The van der Waals surface area contributed by atoms with Crippen molar-refractivity contribution < 1.29 is 31.5 Å². The van der Waals surface area contributed by atoms with Crippen LogP contribution in [0.2, 0.25) is 0 Å². The molecule has 1 amide bonds. The minimum absolute atomic E-state index is 0.183. The van der Waals surface area contributed by atoms with E-state index in [2.05, 4.69) is 5.32 Å². The van der Waals surface area contributed by atoms with Gasteiger partial charge < -0.3 is 14.8 Å². The van der Waals surface area contributed by atoms with Gasteiger partial charge in [-0.15, -0.1) is 0 Å². The normalized spacial score (nSPS) is 14.2. The van der Waals surface area contributed by atoms with Gasteiger partial charge in [0.2, 0.25) is 10.0 Å². The standard InChI is InChI=1S/C36H30F2N6O5S/c1-39-36(46)33-24-13-23(29(42(2)50(3,47)48)15-31(24)49-35(33)19-7-9-20(37)10-8-19)26-11-12-27-34(41-26)30-14-22-25(38)5-4-6-28(22)44(30)32(40-27)18-43-16-21(45)17-43/h4-15,21,45H,16-18H2,1-3H3,(H,39,46). The fourth-order valence-corrected chi connectivity index (χ4v) is 7.13. The van der Waals surface area contributed by atoms with E-state index in [1.54, 1.807) is 30.3 Å². The van der Waals surface area contributed by atoms with Crippen LogP contribution >= 0.6 is 0 Å². The molecule has 0 saturated carbocycles. The number of carbonyl (C=O) groups excluding carboxylic acids is 1. The molecule has 50 heavy (non-hydrogen) atoms. The molecule has 0 spiro atoms. The van der Waals surface area contributed by atoms with Crippen LogP contribution in [-0.4, -0.2) is 78.2 Å². The van der Waals surface area contributed by atoms with Crippen LogP contribution in [0.3, 0.4) is 0 Å². The van der Waals surface area contributed by atoms with Crippen LogP contribution in [0, 0.1) is 11.6 Å². The quantitative estimate of drug-likeness (QED) is 0.229. The van der Waals surface area contributed by atoms with E-state index in [4.69, 9.17) is 14.4 Å².